The smallest absolute Gasteiger partial charge is 0.332 e. The van der Waals surface area contributed by atoms with Crippen LogP contribution in [0.5, 0.6) is 17.2 Å². The Morgan fingerprint density at radius 2 is 1.72 bits per heavy atom. The third-order valence-electron chi connectivity index (χ3n) is 5.71. The van der Waals surface area contributed by atoms with Gasteiger partial charge in [0.05, 0.1) is 26.8 Å². The molecule has 4 aromatic rings. The van der Waals surface area contributed by atoms with E-state index in [2.05, 4.69) is 10.3 Å². The molecule has 2 aromatic heterocycles. The van der Waals surface area contributed by atoms with E-state index in [0.717, 1.165) is 10.1 Å². The number of hydrogen-bond donors (Lipinski definition) is 1. The van der Waals surface area contributed by atoms with E-state index in [9.17, 15) is 14.4 Å². The number of nitrogens with zero attached hydrogens (tertiary/aromatic N) is 3. The van der Waals surface area contributed by atoms with Crippen LogP contribution in [0.15, 0.2) is 70.4 Å². The van der Waals surface area contributed by atoms with Crippen molar-refractivity contribution in [3.63, 3.8) is 0 Å². The van der Waals surface area contributed by atoms with E-state index < -0.39 is 17.2 Å². The molecule has 0 spiro atoms. The molecule has 0 aliphatic carbocycles. The van der Waals surface area contributed by atoms with E-state index >= 15 is 0 Å². The van der Waals surface area contributed by atoms with Gasteiger partial charge in [-0.15, -0.1) is 0 Å². The Morgan fingerprint density at radius 3 is 2.47 bits per heavy atom. The lowest BCUT2D eigenvalue weighted by Crippen LogP contribution is -2.42. The van der Waals surface area contributed by atoms with Crippen molar-refractivity contribution in [2.24, 2.45) is 0 Å². The lowest BCUT2D eigenvalue weighted by atomic mass is 10.1. The molecular weight excluding hydrogens is 464 g/mol. The number of carbonyl (C=O) groups is 1. The summed E-state index contributed by atoms with van der Waals surface area (Å²) in [6, 6.07) is 15.5. The molecule has 2 aromatic carbocycles. The van der Waals surface area contributed by atoms with Crippen LogP contribution in [0.2, 0.25) is 0 Å². The Kier molecular flexibility index (Phi) is 7.33. The van der Waals surface area contributed by atoms with Gasteiger partial charge < -0.3 is 19.5 Å². The lowest BCUT2D eigenvalue weighted by Gasteiger charge is -2.14. The Hall–Kier alpha value is -4.60. The molecule has 2 heterocycles. The number of rotatable bonds is 9. The first-order chi connectivity index (χ1) is 17.4. The Balaban J connectivity index is 1.65. The second-order valence-electron chi connectivity index (χ2n) is 7.92. The predicted molar refractivity (Wildman–Crippen MR) is 135 cm³/mol. The number of aryl methyl sites for hydroxylation is 1. The van der Waals surface area contributed by atoms with Crippen LogP contribution in [0.1, 0.15) is 5.56 Å². The summed E-state index contributed by atoms with van der Waals surface area (Å²) in [5.74, 6) is 1.29. The quantitative estimate of drug-likeness (QED) is 0.383. The maximum atomic E-state index is 13.4. The van der Waals surface area contributed by atoms with Crippen molar-refractivity contribution in [2.75, 3.05) is 26.6 Å². The third-order valence-corrected chi connectivity index (χ3v) is 5.71. The first-order valence-corrected chi connectivity index (χ1v) is 11.2. The van der Waals surface area contributed by atoms with Crippen molar-refractivity contribution in [3.8, 4) is 17.2 Å². The van der Waals surface area contributed by atoms with Gasteiger partial charge in [0.2, 0.25) is 5.91 Å². The standard InChI is InChI=1S/C26H26N4O6/c1-34-19-7-4-6-18(15-19)28-23(31)16-30-20-8-5-12-27-24(20)25(32)29(26(30)33)13-11-17-9-10-21(35-2)22(14-17)36-3/h4-10,12,14-15H,11,13,16H2,1-3H3,(H,28,31). The van der Waals surface area contributed by atoms with Gasteiger partial charge in [0.15, 0.2) is 17.0 Å². The molecule has 10 heteroatoms. The van der Waals surface area contributed by atoms with E-state index in [0.29, 0.717) is 29.4 Å². The molecule has 0 radical (unpaired) electrons. The Labute approximate surface area is 206 Å². The SMILES string of the molecule is COc1cccc(NC(=O)Cn2c(=O)n(CCc3ccc(OC)c(OC)c3)c(=O)c3ncccc32)c1. The summed E-state index contributed by atoms with van der Waals surface area (Å²) < 4.78 is 18.1. The molecule has 0 bridgehead atoms. The molecule has 0 saturated carbocycles. The Bertz CT molecular complexity index is 1530. The molecule has 0 aliphatic heterocycles. The monoisotopic (exact) mass is 490 g/mol. The first-order valence-electron chi connectivity index (χ1n) is 11.2. The summed E-state index contributed by atoms with van der Waals surface area (Å²) in [5, 5.41) is 2.76. The highest BCUT2D eigenvalue weighted by Gasteiger charge is 2.17. The number of anilines is 1. The number of carbonyl (C=O) groups excluding carboxylic acids is 1. The van der Waals surface area contributed by atoms with Gasteiger partial charge in [-0.05, 0) is 48.4 Å². The average Bonchev–Trinajstić information content (AvgIpc) is 2.90. The zero-order chi connectivity index (χ0) is 25.7. The van der Waals surface area contributed by atoms with Crippen LogP contribution < -0.4 is 30.8 Å². The molecule has 0 unspecified atom stereocenters. The van der Waals surface area contributed by atoms with Gasteiger partial charge in [-0.25, -0.2) is 9.78 Å². The van der Waals surface area contributed by atoms with E-state index in [4.69, 9.17) is 14.2 Å². The summed E-state index contributed by atoms with van der Waals surface area (Å²) >= 11 is 0. The number of ether oxygens (including phenoxy) is 3. The van der Waals surface area contributed by atoms with Gasteiger partial charge in [0.1, 0.15) is 12.3 Å². The zero-order valence-electron chi connectivity index (χ0n) is 20.2. The van der Waals surface area contributed by atoms with Crippen LogP contribution in [0.3, 0.4) is 0 Å². The minimum absolute atomic E-state index is 0.0944. The van der Waals surface area contributed by atoms with Crippen LogP contribution in [0, 0.1) is 0 Å². The second-order valence-corrected chi connectivity index (χ2v) is 7.92. The average molecular weight is 491 g/mol. The molecule has 0 fully saturated rings. The van der Waals surface area contributed by atoms with Crippen LogP contribution in [-0.4, -0.2) is 41.4 Å². The summed E-state index contributed by atoms with van der Waals surface area (Å²) in [5.41, 5.74) is 0.663. The van der Waals surface area contributed by atoms with Gasteiger partial charge in [0.25, 0.3) is 5.56 Å². The fourth-order valence-corrected chi connectivity index (χ4v) is 3.91. The molecule has 10 nitrogen and oxygen atoms in total. The molecule has 1 amide bonds. The van der Waals surface area contributed by atoms with Gasteiger partial charge >= 0.3 is 5.69 Å². The molecule has 0 atom stereocenters. The zero-order valence-corrected chi connectivity index (χ0v) is 20.2. The summed E-state index contributed by atoms with van der Waals surface area (Å²) in [6.45, 7) is -0.202. The highest BCUT2D eigenvalue weighted by Crippen LogP contribution is 2.27. The minimum atomic E-state index is -0.596. The number of benzene rings is 2. The van der Waals surface area contributed by atoms with Crippen LogP contribution >= 0.6 is 0 Å². The number of hydrogen-bond acceptors (Lipinski definition) is 7. The van der Waals surface area contributed by atoms with Crippen molar-refractivity contribution in [1.82, 2.24) is 14.1 Å². The fourth-order valence-electron chi connectivity index (χ4n) is 3.91. The van der Waals surface area contributed by atoms with E-state index in [1.54, 1.807) is 55.6 Å². The molecule has 36 heavy (non-hydrogen) atoms. The van der Waals surface area contributed by atoms with E-state index in [1.807, 2.05) is 6.07 Å². The maximum Gasteiger partial charge on any atom is 0.332 e. The van der Waals surface area contributed by atoms with Crippen molar-refractivity contribution in [3.05, 3.63) is 87.2 Å². The highest BCUT2D eigenvalue weighted by atomic mass is 16.5. The summed E-state index contributed by atoms with van der Waals surface area (Å²) in [6.07, 6.45) is 1.86. The van der Waals surface area contributed by atoms with Gasteiger partial charge in [0, 0.05) is 24.5 Å². The Morgan fingerprint density at radius 1 is 0.917 bits per heavy atom. The van der Waals surface area contributed by atoms with Crippen molar-refractivity contribution in [1.29, 1.82) is 0 Å². The number of aromatic nitrogens is 3. The molecule has 1 N–H and O–H groups in total. The van der Waals surface area contributed by atoms with Crippen molar-refractivity contribution >= 4 is 22.6 Å². The lowest BCUT2D eigenvalue weighted by molar-refractivity contribution is -0.116. The number of nitrogens with one attached hydrogen (secondary N) is 1. The molecule has 0 saturated heterocycles. The molecule has 4 rings (SSSR count). The molecular formula is C26H26N4O6. The van der Waals surface area contributed by atoms with Crippen molar-refractivity contribution < 1.29 is 19.0 Å². The maximum absolute atomic E-state index is 13.4. The summed E-state index contributed by atoms with van der Waals surface area (Å²) in [7, 11) is 4.62. The number of methoxy groups -OCH3 is 3. The second kappa shape index (κ2) is 10.8. The van der Waals surface area contributed by atoms with Crippen LogP contribution in [-0.2, 0) is 24.3 Å². The van der Waals surface area contributed by atoms with Gasteiger partial charge in [-0.3, -0.25) is 18.7 Å². The largest absolute Gasteiger partial charge is 0.497 e. The third kappa shape index (κ3) is 5.07. The topological polar surface area (TPSA) is 114 Å². The van der Waals surface area contributed by atoms with Gasteiger partial charge in [-0.1, -0.05) is 12.1 Å². The van der Waals surface area contributed by atoms with Crippen molar-refractivity contribution in [2.45, 2.75) is 19.5 Å². The molecule has 0 aliphatic rings. The normalized spacial score (nSPS) is 10.8. The fraction of sp³-hybridized carbons (Fsp3) is 0.231. The number of pyridine rings is 1. The predicted octanol–water partition coefficient (Wildman–Crippen LogP) is 2.47. The van der Waals surface area contributed by atoms with Crippen LogP contribution in [0.25, 0.3) is 11.0 Å². The molecule has 186 valence electrons. The summed E-state index contributed by atoms with van der Waals surface area (Å²) in [4.78, 5) is 43.5. The van der Waals surface area contributed by atoms with E-state index in [1.165, 1.54) is 25.0 Å². The van der Waals surface area contributed by atoms with Crippen LogP contribution in [0.4, 0.5) is 5.69 Å². The number of fused-ring (bicyclic) bond motifs is 1. The van der Waals surface area contributed by atoms with Gasteiger partial charge in [-0.2, -0.15) is 0 Å². The minimum Gasteiger partial charge on any atom is -0.497 e. The number of amides is 1. The van der Waals surface area contributed by atoms with E-state index in [-0.39, 0.29) is 24.1 Å². The first kappa shape index (κ1) is 24.5. The highest BCUT2D eigenvalue weighted by molar-refractivity contribution is 5.91.